The Balaban J connectivity index is 0.000000218. The summed E-state index contributed by atoms with van der Waals surface area (Å²) in [7, 11) is -7.29. The first-order valence-electron chi connectivity index (χ1n) is 15.2. The number of ether oxygens (including phenoxy) is 1. The second-order valence-electron chi connectivity index (χ2n) is 12.1. The van der Waals surface area contributed by atoms with E-state index in [-0.39, 0.29) is 15.7 Å². The molecule has 0 unspecified atom stereocenters. The quantitative estimate of drug-likeness (QED) is 0.0518. The lowest BCUT2D eigenvalue weighted by molar-refractivity contribution is 0.00744. The molecule has 11 heteroatoms. The molecule has 1 saturated carbocycles. The van der Waals surface area contributed by atoms with Crippen LogP contribution in [-0.2, 0) is 20.0 Å². The van der Waals surface area contributed by atoms with E-state index in [0.717, 1.165) is 57.7 Å². The van der Waals surface area contributed by atoms with Gasteiger partial charge >= 0.3 is 5.55 Å². The fourth-order valence-electron chi connectivity index (χ4n) is 4.97. The molecule has 0 saturated heterocycles. The summed E-state index contributed by atoms with van der Waals surface area (Å²) in [5.74, 6) is 0.882. The van der Waals surface area contributed by atoms with Gasteiger partial charge in [-0.1, -0.05) is 97.6 Å². The lowest BCUT2D eigenvalue weighted by atomic mass is 9.96. The molecule has 0 spiro atoms. The summed E-state index contributed by atoms with van der Waals surface area (Å²) in [6.07, 6.45) is 4.44. The molecule has 4 aromatic rings. The molecular weight excluding hydrogens is 653 g/mol. The molecule has 250 valence electrons. The van der Waals surface area contributed by atoms with Crippen LogP contribution in [-0.4, -0.2) is 42.6 Å². The van der Waals surface area contributed by atoms with E-state index in [1.165, 1.54) is 12.1 Å². The van der Waals surface area contributed by atoms with Crippen LogP contribution in [0.5, 0.6) is 5.75 Å². The third kappa shape index (κ3) is 11.8. The molecule has 47 heavy (non-hydrogen) atoms. The molecule has 0 atom stereocenters. The van der Waals surface area contributed by atoms with E-state index in [2.05, 4.69) is 55.9 Å². The zero-order chi connectivity index (χ0) is 34.7. The summed E-state index contributed by atoms with van der Waals surface area (Å²) < 4.78 is 58.5. The van der Waals surface area contributed by atoms with Crippen molar-refractivity contribution in [2.75, 3.05) is 0 Å². The minimum Gasteiger partial charge on any atom is -0.487 e. The molecule has 1 fully saturated rings. The lowest BCUT2D eigenvalue weighted by Crippen LogP contribution is -2.24. The van der Waals surface area contributed by atoms with Crippen LogP contribution >= 0.6 is 12.6 Å². The van der Waals surface area contributed by atoms with Crippen molar-refractivity contribution in [3.63, 3.8) is 0 Å². The van der Waals surface area contributed by atoms with Gasteiger partial charge in [-0.2, -0.15) is 13.2 Å². The van der Waals surface area contributed by atoms with Crippen molar-refractivity contribution < 1.29 is 30.9 Å². The Hall–Kier alpha value is -3.73. The Labute approximate surface area is 284 Å². The summed E-state index contributed by atoms with van der Waals surface area (Å²) in [5.41, 5.74) is 13.8. The van der Waals surface area contributed by atoms with Gasteiger partial charge < -0.3 is 10.3 Å². The van der Waals surface area contributed by atoms with E-state index in [4.69, 9.17) is 27.4 Å². The molecule has 1 aliphatic rings. The fraction of sp³-hybridized carbons (Fsp3) is 0.306. The summed E-state index contributed by atoms with van der Waals surface area (Å²) in [6.45, 7) is 8.05. The number of sulfone groups is 1. The van der Waals surface area contributed by atoms with Crippen molar-refractivity contribution >= 4 is 38.1 Å². The van der Waals surface area contributed by atoms with Crippen LogP contribution in [0.15, 0.2) is 107 Å². The van der Waals surface area contributed by atoms with Crippen LogP contribution in [0.25, 0.3) is 27.8 Å². The summed E-state index contributed by atoms with van der Waals surface area (Å²) >= 11 is 4.71. The van der Waals surface area contributed by atoms with Crippen LogP contribution in [0, 0.1) is 6.92 Å². The monoisotopic (exact) mass is 694 g/mol. The van der Waals surface area contributed by atoms with Gasteiger partial charge in [0.25, 0.3) is 10.1 Å². The highest BCUT2D eigenvalue weighted by molar-refractivity contribution is 8.04. The normalized spacial score (nSPS) is 13.6. The maximum atomic E-state index is 11.3. The highest BCUT2D eigenvalue weighted by Gasteiger charge is 2.28. The number of hydrogen-bond donors (Lipinski definition) is 2. The molecule has 0 aromatic heterocycles. The Morgan fingerprint density at radius 1 is 0.809 bits per heavy atom. The third-order valence-corrected chi connectivity index (χ3v) is 10.3. The van der Waals surface area contributed by atoms with Gasteiger partial charge in [0.1, 0.15) is 11.4 Å². The van der Waals surface area contributed by atoms with Crippen molar-refractivity contribution in [2.45, 2.75) is 80.4 Å². The predicted octanol–water partition coefficient (Wildman–Crippen LogP) is 8.72. The Morgan fingerprint density at radius 2 is 1.34 bits per heavy atom. The molecule has 0 amide bonds. The number of nitrogens with zero attached hydrogens (tertiary/aromatic N) is 2. The van der Waals surface area contributed by atoms with E-state index < -0.39 is 20.0 Å². The van der Waals surface area contributed by atoms with Gasteiger partial charge in [0.15, 0.2) is 0 Å². The minimum atomic E-state index is -4.02. The van der Waals surface area contributed by atoms with Crippen LogP contribution in [0.1, 0.15) is 58.4 Å². The summed E-state index contributed by atoms with van der Waals surface area (Å²) in [4.78, 5) is 3.42. The van der Waals surface area contributed by atoms with Gasteiger partial charge in [0.2, 0.25) is 9.84 Å². The molecule has 0 bridgehead atoms. The average Bonchev–Trinajstić information content (AvgIpc) is 3.02. The average molecular weight is 695 g/mol. The molecular formula is C36H42N2O6S3. The second kappa shape index (κ2) is 16.9. The highest BCUT2D eigenvalue weighted by Crippen LogP contribution is 2.44. The number of benzene rings is 4. The largest absolute Gasteiger partial charge is 0.487 e. The van der Waals surface area contributed by atoms with Gasteiger partial charge in [-0.3, -0.25) is 4.55 Å². The summed E-state index contributed by atoms with van der Waals surface area (Å²) in [6, 6.07) is 30.8. The van der Waals surface area contributed by atoms with E-state index >= 15 is 0 Å². The number of aryl methyl sites for hydroxylation is 1. The predicted molar refractivity (Wildman–Crippen MR) is 191 cm³/mol. The van der Waals surface area contributed by atoms with E-state index in [0.29, 0.717) is 18.4 Å². The van der Waals surface area contributed by atoms with Crippen molar-refractivity contribution in [3.8, 4) is 28.0 Å². The maximum Gasteiger partial charge on any atom is 0.370 e. The molecule has 1 N–H and O–H groups in total. The Morgan fingerprint density at radius 3 is 1.83 bits per heavy atom. The first-order valence-corrected chi connectivity index (χ1v) is 18.7. The fourth-order valence-corrected chi connectivity index (χ4v) is 7.05. The van der Waals surface area contributed by atoms with E-state index in [1.54, 1.807) is 12.1 Å². The van der Waals surface area contributed by atoms with Crippen LogP contribution in [0.3, 0.4) is 0 Å². The minimum absolute atomic E-state index is 0.0666. The lowest BCUT2D eigenvalue weighted by Gasteiger charge is -2.26. The van der Waals surface area contributed by atoms with Crippen molar-refractivity contribution in [2.24, 2.45) is 0 Å². The van der Waals surface area contributed by atoms with Crippen molar-refractivity contribution in [1.29, 1.82) is 0 Å². The number of hydrogen-bond acceptors (Lipinski definition) is 6. The van der Waals surface area contributed by atoms with Crippen LogP contribution in [0.2, 0.25) is 0 Å². The Bertz CT molecular complexity index is 1860. The molecule has 5 rings (SSSR count). The first-order chi connectivity index (χ1) is 22.1. The molecule has 4 aromatic carbocycles. The van der Waals surface area contributed by atoms with E-state index in [9.17, 15) is 16.8 Å². The standard InChI is InChI=1S/C22H22OS.C7H12N2O2S.C7H8O3S/c1-22(2,3)23-21-18(16-10-6-4-7-11-16)14-15-19(24)20(21)17-12-8-5-9-13-17;8-9-6-12(10,11)7-4-2-1-3-5-7;1-6-2-4-7(5-3-6)11(8,9)10/h4-15,24H,1-3H3;6-7H,1-5H2;2-5H,1H3,(H,8,9,10). The second-order valence-corrected chi connectivity index (χ2v) is 16.1. The smallest absolute Gasteiger partial charge is 0.370 e. The molecule has 8 nitrogen and oxygen atoms in total. The molecule has 1 aliphatic carbocycles. The highest BCUT2D eigenvalue weighted by atomic mass is 32.2. The van der Waals surface area contributed by atoms with Gasteiger partial charge in [-0.05, 0) is 75.9 Å². The molecule has 0 radical (unpaired) electrons. The van der Waals surface area contributed by atoms with Crippen molar-refractivity contribution in [1.82, 2.24) is 0 Å². The van der Waals surface area contributed by atoms with Gasteiger partial charge in [0, 0.05) is 16.0 Å². The maximum absolute atomic E-state index is 11.3. The zero-order valence-electron chi connectivity index (χ0n) is 27.1. The van der Waals surface area contributed by atoms with Crippen LogP contribution in [0.4, 0.5) is 0 Å². The molecule has 0 heterocycles. The Kier molecular flexibility index (Phi) is 13.6. The first kappa shape index (κ1) is 37.7. The van der Waals surface area contributed by atoms with Gasteiger partial charge in [-0.25, -0.2) is 8.42 Å². The number of thiol groups is 1. The van der Waals surface area contributed by atoms with Crippen LogP contribution < -0.4 is 4.74 Å². The number of rotatable bonds is 6. The molecule has 0 aliphatic heterocycles. The van der Waals surface area contributed by atoms with Gasteiger partial charge in [-0.15, -0.1) is 12.6 Å². The third-order valence-electron chi connectivity index (χ3n) is 7.22. The van der Waals surface area contributed by atoms with E-state index in [1.807, 2.05) is 49.4 Å². The summed E-state index contributed by atoms with van der Waals surface area (Å²) in [5, 5.41) is -0.317. The van der Waals surface area contributed by atoms with Gasteiger partial charge in [0.05, 0.1) is 10.1 Å². The topological polar surface area (TPSA) is 134 Å². The SMILES string of the molecule is CC(C)(C)Oc1c(-c2ccccc2)ccc(S)c1-c1ccccc1.Cc1ccc(S(=O)(=O)O)cc1.[N-]=[N+]=CS(=O)(=O)C1CCCCC1. The van der Waals surface area contributed by atoms with Crippen molar-refractivity contribution in [3.05, 3.63) is 108 Å². The zero-order valence-corrected chi connectivity index (χ0v) is 29.6.